The SMILES string of the molecule is CC/C=C(\NCCN1CCCC1)C(=O)c1cn(C(C)C)c2ccccc12. The zero-order chi connectivity index (χ0) is 18.5. The third kappa shape index (κ3) is 4.01. The van der Waals surface area contributed by atoms with Crippen LogP contribution in [0.4, 0.5) is 0 Å². The number of likely N-dealkylation sites (tertiary alicyclic amines) is 1. The first-order chi connectivity index (χ1) is 12.6. The highest BCUT2D eigenvalue weighted by molar-refractivity contribution is 6.16. The van der Waals surface area contributed by atoms with Gasteiger partial charge >= 0.3 is 0 Å². The molecule has 4 heteroatoms. The summed E-state index contributed by atoms with van der Waals surface area (Å²) in [6.07, 6.45) is 7.48. The Morgan fingerprint density at radius 1 is 1.23 bits per heavy atom. The number of hydrogen-bond acceptors (Lipinski definition) is 3. The van der Waals surface area contributed by atoms with Gasteiger partial charge in [0.25, 0.3) is 0 Å². The van der Waals surface area contributed by atoms with E-state index < -0.39 is 0 Å². The number of aromatic nitrogens is 1. The summed E-state index contributed by atoms with van der Waals surface area (Å²) in [5.41, 5.74) is 2.65. The highest BCUT2D eigenvalue weighted by atomic mass is 16.1. The van der Waals surface area contributed by atoms with Crippen LogP contribution in [-0.4, -0.2) is 41.4 Å². The van der Waals surface area contributed by atoms with Gasteiger partial charge in [-0.15, -0.1) is 0 Å². The first-order valence-corrected chi connectivity index (χ1v) is 9.92. The molecule has 0 amide bonds. The number of carbonyl (C=O) groups is 1. The molecule has 4 nitrogen and oxygen atoms in total. The monoisotopic (exact) mass is 353 g/mol. The fraction of sp³-hybridized carbons (Fsp3) is 0.500. The van der Waals surface area contributed by atoms with E-state index in [0.717, 1.165) is 41.7 Å². The lowest BCUT2D eigenvalue weighted by atomic mass is 10.1. The first kappa shape index (κ1) is 18.7. The lowest BCUT2D eigenvalue weighted by molar-refractivity contribution is 0.102. The summed E-state index contributed by atoms with van der Waals surface area (Å²) in [4.78, 5) is 15.7. The molecule has 1 aromatic heterocycles. The Hall–Kier alpha value is -2.07. The van der Waals surface area contributed by atoms with Crippen LogP contribution in [0.3, 0.4) is 0 Å². The zero-order valence-electron chi connectivity index (χ0n) is 16.3. The number of carbonyl (C=O) groups excluding carboxylic acids is 1. The quantitative estimate of drug-likeness (QED) is 0.565. The van der Waals surface area contributed by atoms with Crippen LogP contribution in [-0.2, 0) is 0 Å². The molecule has 26 heavy (non-hydrogen) atoms. The third-order valence-corrected chi connectivity index (χ3v) is 5.14. The highest BCUT2D eigenvalue weighted by Crippen LogP contribution is 2.26. The zero-order valence-corrected chi connectivity index (χ0v) is 16.3. The standard InChI is InChI=1S/C22H31N3O/c1-4-9-20(23-12-15-24-13-7-8-14-24)22(26)19-16-25(17(2)3)21-11-6-5-10-18(19)21/h5-6,9-11,16-17,23H,4,7-8,12-15H2,1-3H3/b20-9-. The molecule has 1 N–H and O–H groups in total. The molecule has 140 valence electrons. The molecule has 0 atom stereocenters. The molecule has 0 bridgehead atoms. The predicted octanol–water partition coefficient (Wildman–Crippen LogP) is 4.38. The average Bonchev–Trinajstić information content (AvgIpc) is 3.28. The van der Waals surface area contributed by atoms with Gasteiger partial charge in [-0.2, -0.15) is 0 Å². The number of fused-ring (bicyclic) bond motifs is 1. The van der Waals surface area contributed by atoms with Crippen LogP contribution >= 0.6 is 0 Å². The van der Waals surface area contributed by atoms with Gasteiger partial charge in [-0.3, -0.25) is 4.79 Å². The first-order valence-electron chi connectivity index (χ1n) is 9.92. The molecule has 1 aliphatic heterocycles. The average molecular weight is 354 g/mol. The largest absolute Gasteiger partial charge is 0.381 e. The van der Waals surface area contributed by atoms with Crippen molar-refractivity contribution in [3.8, 4) is 0 Å². The molecule has 2 heterocycles. The molecular weight excluding hydrogens is 322 g/mol. The number of ketones is 1. The lowest BCUT2D eigenvalue weighted by Crippen LogP contribution is -2.31. The number of nitrogens with one attached hydrogen (secondary N) is 1. The van der Waals surface area contributed by atoms with Gasteiger partial charge in [0.05, 0.1) is 5.70 Å². The summed E-state index contributed by atoms with van der Waals surface area (Å²) in [5.74, 6) is 0.101. The number of para-hydroxylation sites is 1. The fourth-order valence-corrected chi connectivity index (χ4v) is 3.76. The van der Waals surface area contributed by atoms with Crippen molar-refractivity contribution in [3.05, 3.63) is 47.8 Å². The number of Topliss-reactive ketones (excluding diaryl/α,β-unsaturated/α-hetero) is 1. The van der Waals surface area contributed by atoms with E-state index in [-0.39, 0.29) is 5.78 Å². The van der Waals surface area contributed by atoms with E-state index in [0.29, 0.717) is 6.04 Å². The summed E-state index contributed by atoms with van der Waals surface area (Å²) < 4.78 is 2.19. The second kappa shape index (κ2) is 8.54. The molecular formula is C22H31N3O. The molecule has 1 saturated heterocycles. The van der Waals surface area contributed by atoms with E-state index in [1.807, 2.05) is 24.4 Å². The molecule has 0 unspecified atom stereocenters. The Morgan fingerprint density at radius 3 is 2.65 bits per heavy atom. The smallest absolute Gasteiger partial charge is 0.210 e. The van der Waals surface area contributed by atoms with Crippen molar-refractivity contribution >= 4 is 16.7 Å². The molecule has 3 rings (SSSR count). The van der Waals surface area contributed by atoms with Crippen LogP contribution < -0.4 is 5.32 Å². The topological polar surface area (TPSA) is 37.3 Å². The minimum absolute atomic E-state index is 0.101. The van der Waals surface area contributed by atoms with E-state index >= 15 is 0 Å². The van der Waals surface area contributed by atoms with Crippen LogP contribution in [0.1, 0.15) is 56.4 Å². The predicted molar refractivity (Wildman–Crippen MR) is 109 cm³/mol. The summed E-state index contributed by atoms with van der Waals surface area (Å²) in [7, 11) is 0. The van der Waals surface area contributed by atoms with Crippen molar-refractivity contribution in [3.63, 3.8) is 0 Å². The van der Waals surface area contributed by atoms with Crippen molar-refractivity contribution < 1.29 is 4.79 Å². The second-order valence-electron chi connectivity index (χ2n) is 7.39. The molecule has 1 aromatic carbocycles. The van der Waals surface area contributed by atoms with E-state index in [9.17, 15) is 4.79 Å². The van der Waals surface area contributed by atoms with Crippen LogP contribution in [0.5, 0.6) is 0 Å². The van der Waals surface area contributed by atoms with Gasteiger partial charge in [0, 0.05) is 41.8 Å². The van der Waals surface area contributed by atoms with Crippen LogP contribution in [0, 0.1) is 0 Å². The maximum atomic E-state index is 13.3. The number of allylic oxidation sites excluding steroid dienone is 2. The Balaban J connectivity index is 1.80. The summed E-state index contributed by atoms with van der Waals surface area (Å²) in [5, 5.41) is 4.45. The Morgan fingerprint density at radius 2 is 1.96 bits per heavy atom. The number of benzene rings is 1. The van der Waals surface area contributed by atoms with Crippen LogP contribution in [0.15, 0.2) is 42.2 Å². The second-order valence-corrected chi connectivity index (χ2v) is 7.39. The molecule has 0 aliphatic carbocycles. The van der Waals surface area contributed by atoms with E-state index in [2.05, 4.69) is 47.7 Å². The van der Waals surface area contributed by atoms with Gasteiger partial charge in [0.15, 0.2) is 0 Å². The van der Waals surface area contributed by atoms with E-state index in [4.69, 9.17) is 0 Å². The molecule has 0 spiro atoms. The maximum Gasteiger partial charge on any atom is 0.210 e. The van der Waals surface area contributed by atoms with Crippen molar-refractivity contribution in [2.75, 3.05) is 26.2 Å². The molecule has 0 saturated carbocycles. The van der Waals surface area contributed by atoms with Gasteiger partial charge in [-0.25, -0.2) is 0 Å². The molecule has 2 aromatic rings. The number of rotatable bonds is 8. The highest BCUT2D eigenvalue weighted by Gasteiger charge is 2.19. The van der Waals surface area contributed by atoms with Crippen LogP contribution in [0.25, 0.3) is 10.9 Å². The van der Waals surface area contributed by atoms with Gasteiger partial charge < -0.3 is 14.8 Å². The van der Waals surface area contributed by atoms with E-state index in [1.165, 1.54) is 25.9 Å². The number of nitrogens with zero attached hydrogens (tertiary/aromatic N) is 2. The summed E-state index contributed by atoms with van der Waals surface area (Å²) >= 11 is 0. The molecule has 0 radical (unpaired) electrons. The van der Waals surface area contributed by atoms with Crippen molar-refractivity contribution in [2.45, 2.75) is 46.1 Å². The Labute approximate surface area is 156 Å². The normalized spacial score (nSPS) is 15.9. The maximum absolute atomic E-state index is 13.3. The van der Waals surface area contributed by atoms with Crippen molar-refractivity contribution in [2.24, 2.45) is 0 Å². The van der Waals surface area contributed by atoms with Crippen molar-refractivity contribution in [1.29, 1.82) is 0 Å². The number of hydrogen-bond donors (Lipinski definition) is 1. The molecule has 1 fully saturated rings. The van der Waals surface area contributed by atoms with Gasteiger partial charge in [0.2, 0.25) is 5.78 Å². The van der Waals surface area contributed by atoms with Crippen LogP contribution in [0.2, 0.25) is 0 Å². The molecule has 1 aliphatic rings. The Kier molecular flexibility index (Phi) is 6.15. The van der Waals surface area contributed by atoms with Gasteiger partial charge in [-0.05, 0) is 52.3 Å². The Bertz CT molecular complexity index is 782. The van der Waals surface area contributed by atoms with Crippen molar-refractivity contribution in [1.82, 2.24) is 14.8 Å². The minimum atomic E-state index is 0.101. The minimum Gasteiger partial charge on any atom is -0.381 e. The lowest BCUT2D eigenvalue weighted by Gasteiger charge is -2.16. The summed E-state index contributed by atoms with van der Waals surface area (Å²) in [6.45, 7) is 10.6. The van der Waals surface area contributed by atoms with Gasteiger partial charge in [-0.1, -0.05) is 31.2 Å². The summed E-state index contributed by atoms with van der Waals surface area (Å²) in [6, 6.07) is 8.51. The van der Waals surface area contributed by atoms with Gasteiger partial charge in [0.1, 0.15) is 0 Å². The fourth-order valence-electron chi connectivity index (χ4n) is 3.76. The third-order valence-electron chi connectivity index (χ3n) is 5.14. The van der Waals surface area contributed by atoms with E-state index in [1.54, 1.807) is 0 Å².